The van der Waals surface area contributed by atoms with Gasteiger partial charge in [0.2, 0.25) is 5.78 Å². The van der Waals surface area contributed by atoms with Crippen molar-refractivity contribution < 1.29 is 19.1 Å². The molecule has 2 aromatic carbocycles. The maximum atomic E-state index is 11.9. The minimum Gasteiger partial charge on any atom is -0.486 e. The molecule has 106 valence electrons. The van der Waals surface area contributed by atoms with Crippen molar-refractivity contribution in [1.29, 1.82) is 0 Å². The van der Waals surface area contributed by atoms with Crippen LogP contribution < -0.4 is 9.47 Å². The Kier molecular flexibility index (Phi) is 3.69. The second kappa shape index (κ2) is 5.79. The van der Waals surface area contributed by atoms with Gasteiger partial charge >= 0.3 is 0 Å². The van der Waals surface area contributed by atoms with Crippen LogP contribution in [0.2, 0.25) is 0 Å². The first-order chi connectivity index (χ1) is 10.2. The van der Waals surface area contributed by atoms with Gasteiger partial charge in [-0.05, 0) is 17.7 Å². The van der Waals surface area contributed by atoms with Crippen LogP contribution in [0.4, 0.5) is 0 Å². The van der Waals surface area contributed by atoms with Crippen LogP contribution in [0.25, 0.3) is 0 Å². The van der Waals surface area contributed by atoms with Crippen molar-refractivity contribution in [2.45, 2.75) is 6.42 Å². The number of fused-ring (bicyclic) bond motifs is 1. The zero-order chi connectivity index (χ0) is 14.7. The second-order valence-electron chi connectivity index (χ2n) is 4.86. The lowest BCUT2D eigenvalue weighted by Crippen LogP contribution is -2.13. The molecule has 0 fully saturated rings. The predicted molar refractivity (Wildman–Crippen MR) is 76.9 cm³/mol. The summed E-state index contributed by atoms with van der Waals surface area (Å²) in [6.07, 6.45) is 0.348. The van der Waals surface area contributed by atoms with Crippen molar-refractivity contribution in [2.75, 3.05) is 13.2 Å². The number of ketones is 2. The van der Waals surface area contributed by atoms with Gasteiger partial charge in [-0.1, -0.05) is 30.3 Å². The smallest absolute Gasteiger partial charge is 0.203 e. The van der Waals surface area contributed by atoms with E-state index in [1.807, 2.05) is 30.3 Å². The van der Waals surface area contributed by atoms with Crippen LogP contribution in [0.15, 0.2) is 48.5 Å². The molecule has 0 spiro atoms. The van der Waals surface area contributed by atoms with Crippen LogP contribution in [0.3, 0.4) is 0 Å². The van der Waals surface area contributed by atoms with E-state index in [0.29, 0.717) is 23.5 Å². The van der Waals surface area contributed by atoms with Crippen LogP contribution in [0.1, 0.15) is 15.9 Å². The van der Waals surface area contributed by atoms with E-state index in [0.717, 1.165) is 5.56 Å². The molecule has 4 nitrogen and oxygen atoms in total. The van der Waals surface area contributed by atoms with Gasteiger partial charge in [-0.25, -0.2) is 0 Å². The summed E-state index contributed by atoms with van der Waals surface area (Å²) in [6.45, 7) is 0.0767. The van der Waals surface area contributed by atoms with E-state index in [9.17, 15) is 9.59 Å². The van der Waals surface area contributed by atoms with Gasteiger partial charge in [0.1, 0.15) is 18.1 Å². The Bertz CT molecular complexity index is 676. The number of hydrogen-bond donors (Lipinski definition) is 0. The third-order valence-corrected chi connectivity index (χ3v) is 3.26. The molecule has 0 aromatic heterocycles. The number of ether oxygens (including phenoxy) is 2. The van der Waals surface area contributed by atoms with E-state index in [1.54, 1.807) is 18.2 Å². The number of benzene rings is 2. The lowest BCUT2D eigenvalue weighted by molar-refractivity contribution is -0.120. The first kappa shape index (κ1) is 13.4. The Morgan fingerprint density at radius 1 is 1.14 bits per heavy atom. The van der Waals surface area contributed by atoms with Crippen molar-refractivity contribution >= 4 is 11.6 Å². The highest BCUT2D eigenvalue weighted by Gasteiger charge is 2.21. The SMILES string of the molecule is O=C(COc1ccc2c(c1)OCC2=O)Cc1ccccc1. The van der Waals surface area contributed by atoms with Gasteiger partial charge in [0.15, 0.2) is 12.4 Å². The molecule has 0 unspecified atom stereocenters. The quantitative estimate of drug-likeness (QED) is 0.845. The number of rotatable bonds is 5. The summed E-state index contributed by atoms with van der Waals surface area (Å²) in [4.78, 5) is 23.3. The summed E-state index contributed by atoms with van der Waals surface area (Å²) in [5.74, 6) is 1.02. The lowest BCUT2D eigenvalue weighted by atomic mass is 10.1. The maximum absolute atomic E-state index is 11.9. The summed E-state index contributed by atoms with van der Waals surface area (Å²) in [7, 11) is 0. The summed E-state index contributed by atoms with van der Waals surface area (Å²) in [5, 5.41) is 0. The van der Waals surface area contributed by atoms with Crippen LogP contribution in [-0.2, 0) is 11.2 Å². The average molecular weight is 282 g/mol. The van der Waals surface area contributed by atoms with Crippen LogP contribution in [0, 0.1) is 0 Å². The van der Waals surface area contributed by atoms with Crippen LogP contribution in [-0.4, -0.2) is 24.8 Å². The van der Waals surface area contributed by atoms with Crippen molar-refractivity contribution in [3.63, 3.8) is 0 Å². The first-order valence-corrected chi connectivity index (χ1v) is 6.71. The summed E-state index contributed by atoms with van der Waals surface area (Å²) in [6, 6.07) is 14.5. The minimum absolute atomic E-state index is 0.00121. The number of hydrogen-bond acceptors (Lipinski definition) is 4. The predicted octanol–water partition coefficient (Wildman–Crippen LogP) is 2.45. The molecule has 21 heavy (non-hydrogen) atoms. The highest BCUT2D eigenvalue weighted by molar-refractivity contribution is 6.02. The average Bonchev–Trinajstić information content (AvgIpc) is 2.87. The molecule has 0 amide bonds. The molecule has 3 rings (SSSR count). The van der Waals surface area contributed by atoms with Gasteiger partial charge < -0.3 is 9.47 Å². The minimum atomic E-state index is -0.0308. The van der Waals surface area contributed by atoms with Crippen LogP contribution >= 0.6 is 0 Å². The fourth-order valence-electron chi connectivity index (χ4n) is 2.20. The summed E-state index contributed by atoms with van der Waals surface area (Å²) < 4.78 is 10.7. The van der Waals surface area contributed by atoms with Crippen molar-refractivity contribution in [3.8, 4) is 11.5 Å². The Hall–Kier alpha value is -2.62. The molecule has 0 atom stereocenters. The van der Waals surface area contributed by atoms with E-state index >= 15 is 0 Å². The van der Waals surface area contributed by atoms with Crippen LogP contribution in [0.5, 0.6) is 11.5 Å². The molecule has 1 aliphatic heterocycles. The maximum Gasteiger partial charge on any atom is 0.203 e. The van der Waals surface area contributed by atoms with E-state index < -0.39 is 0 Å². The molecule has 0 bridgehead atoms. The van der Waals surface area contributed by atoms with Gasteiger partial charge in [-0.15, -0.1) is 0 Å². The monoisotopic (exact) mass is 282 g/mol. The second-order valence-corrected chi connectivity index (χ2v) is 4.86. The highest BCUT2D eigenvalue weighted by atomic mass is 16.5. The fourth-order valence-corrected chi connectivity index (χ4v) is 2.20. The Morgan fingerprint density at radius 3 is 2.76 bits per heavy atom. The van der Waals surface area contributed by atoms with Gasteiger partial charge in [0.25, 0.3) is 0 Å². The zero-order valence-corrected chi connectivity index (χ0v) is 11.4. The standard InChI is InChI=1S/C17H14O4/c18-13(8-12-4-2-1-3-5-12)10-20-14-6-7-15-16(19)11-21-17(15)9-14/h1-7,9H,8,10-11H2. The van der Waals surface area contributed by atoms with E-state index in [1.165, 1.54) is 0 Å². The number of carbonyl (C=O) groups is 2. The normalized spacial score (nSPS) is 12.7. The molecule has 2 aromatic rings. The van der Waals surface area contributed by atoms with Gasteiger partial charge in [-0.3, -0.25) is 9.59 Å². The fraction of sp³-hybridized carbons (Fsp3) is 0.176. The molecular weight excluding hydrogens is 268 g/mol. The van der Waals surface area contributed by atoms with Gasteiger partial charge in [0.05, 0.1) is 5.56 Å². The highest BCUT2D eigenvalue weighted by Crippen LogP contribution is 2.29. The third-order valence-electron chi connectivity index (χ3n) is 3.26. The van der Waals surface area contributed by atoms with Crippen molar-refractivity contribution in [3.05, 3.63) is 59.7 Å². The lowest BCUT2D eigenvalue weighted by Gasteiger charge is -2.07. The Balaban J connectivity index is 1.58. The number of carbonyl (C=O) groups excluding carboxylic acids is 2. The van der Waals surface area contributed by atoms with Crippen molar-refractivity contribution in [1.82, 2.24) is 0 Å². The molecular formula is C17H14O4. The van der Waals surface area contributed by atoms with Gasteiger partial charge in [-0.2, -0.15) is 0 Å². The molecule has 0 radical (unpaired) electrons. The largest absolute Gasteiger partial charge is 0.486 e. The molecule has 4 heteroatoms. The molecule has 0 saturated carbocycles. The van der Waals surface area contributed by atoms with E-state index in [-0.39, 0.29) is 24.8 Å². The zero-order valence-electron chi connectivity index (χ0n) is 11.4. The topological polar surface area (TPSA) is 52.6 Å². The Labute approximate surface area is 122 Å². The first-order valence-electron chi connectivity index (χ1n) is 6.71. The molecule has 0 saturated heterocycles. The van der Waals surface area contributed by atoms with E-state index in [2.05, 4.69) is 0 Å². The molecule has 1 aliphatic rings. The molecule has 0 aliphatic carbocycles. The molecule has 0 N–H and O–H groups in total. The van der Waals surface area contributed by atoms with Crippen molar-refractivity contribution in [2.24, 2.45) is 0 Å². The number of Topliss-reactive ketones (excluding diaryl/α,β-unsaturated/α-hetero) is 2. The third kappa shape index (κ3) is 3.11. The summed E-state index contributed by atoms with van der Waals surface area (Å²) >= 11 is 0. The molecule has 1 heterocycles. The Morgan fingerprint density at radius 2 is 1.95 bits per heavy atom. The van der Waals surface area contributed by atoms with E-state index in [4.69, 9.17) is 9.47 Å². The van der Waals surface area contributed by atoms with Gasteiger partial charge in [0, 0.05) is 12.5 Å². The summed E-state index contributed by atoms with van der Waals surface area (Å²) in [5.41, 5.74) is 1.53.